The van der Waals surface area contributed by atoms with Crippen LogP contribution in [0.25, 0.3) is 10.9 Å². The Bertz CT molecular complexity index is 866. The van der Waals surface area contributed by atoms with E-state index in [2.05, 4.69) is 43.6 Å². The topological polar surface area (TPSA) is 70.3 Å². The minimum atomic E-state index is -2.98. The maximum Gasteiger partial charge on any atom is 0.238 e. The Balaban J connectivity index is 1.64. The zero-order chi connectivity index (χ0) is 20.4. The molecule has 0 unspecified atom stereocenters. The average Bonchev–Trinajstić information content (AvgIpc) is 3.25. The van der Waals surface area contributed by atoms with Gasteiger partial charge in [0.15, 0.2) is 0 Å². The van der Waals surface area contributed by atoms with E-state index in [1.54, 1.807) is 0 Å². The van der Waals surface area contributed by atoms with Crippen molar-refractivity contribution in [1.29, 1.82) is 0 Å². The van der Waals surface area contributed by atoms with Gasteiger partial charge in [-0.2, -0.15) is 0 Å². The number of hydrogen-bond acceptors (Lipinski definition) is 5. The summed E-state index contributed by atoms with van der Waals surface area (Å²) in [6.45, 7) is 8.17. The van der Waals surface area contributed by atoms with Crippen molar-refractivity contribution in [2.75, 3.05) is 78.9 Å². The molecule has 30 heavy (non-hydrogen) atoms. The fourth-order valence-corrected chi connectivity index (χ4v) is 8.57. The number of morpholine rings is 3. The quantitative estimate of drug-likeness (QED) is 0.725. The van der Waals surface area contributed by atoms with Crippen LogP contribution in [0.4, 0.5) is 0 Å². The molecule has 0 amide bonds. The smallest absolute Gasteiger partial charge is 0.238 e. The van der Waals surface area contributed by atoms with Crippen molar-refractivity contribution in [3.63, 3.8) is 0 Å². The number of ether oxygens (including phenoxy) is 3. The predicted octanol–water partition coefficient (Wildman–Crippen LogP) is 2.36. The molecular weight excluding hydrogens is 403 g/mol. The highest BCUT2D eigenvalue weighted by molar-refractivity contribution is 7.59. The summed E-state index contributed by atoms with van der Waals surface area (Å²) in [6, 6.07) is 8.32. The van der Waals surface area contributed by atoms with Gasteiger partial charge < -0.3 is 19.2 Å². The van der Waals surface area contributed by atoms with Crippen molar-refractivity contribution in [2.45, 2.75) is 5.78 Å². The van der Waals surface area contributed by atoms with E-state index in [1.165, 1.54) is 0 Å². The fraction of sp³-hybridized carbons (Fsp3) is 0.619. The Morgan fingerprint density at radius 1 is 0.800 bits per heavy atom. The monoisotopic (exact) mass is 434 g/mol. The largest absolute Gasteiger partial charge is 0.379 e. The highest BCUT2D eigenvalue weighted by Gasteiger charge is 2.49. The maximum atomic E-state index is 15.3. The standard InChI is InChI=1S/C21H31N4O4P/c26-30(24-7-13-28-14-8-24,25-9-15-29-16-10-25)21(23-5-11-27-12-6-23)19-17-22-20-4-2-1-3-18(19)20/h1-4,17,21-22H,5-16H2/t21-/m0/s1. The summed E-state index contributed by atoms with van der Waals surface area (Å²) in [6.07, 6.45) is 2.07. The number of nitrogens with zero attached hydrogens (tertiary/aromatic N) is 3. The van der Waals surface area contributed by atoms with Crippen LogP contribution in [-0.4, -0.2) is 98.1 Å². The van der Waals surface area contributed by atoms with E-state index in [9.17, 15) is 0 Å². The Kier molecular flexibility index (Phi) is 6.25. The molecule has 2 aromatic rings. The Hall–Kier alpha value is -1.25. The fourth-order valence-electron chi connectivity index (χ4n) is 4.89. The molecule has 5 rings (SSSR count). The van der Waals surface area contributed by atoms with Crippen LogP contribution < -0.4 is 0 Å². The zero-order valence-corrected chi connectivity index (χ0v) is 18.3. The van der Waals surface area contributed by atoms with Crippen LogP contribution in [-0.2, 0) is 18.8 Å². The second kappa shape index (κ2) is 9.09. The van der Waals surface area contributed by atoms with E-state index in [0.717, 1.165) is 29.6 Å². The van der Waals surface area contributed by atoms with Crippen molar-refractivity contribution in [1.82, 2.24) is 19.2 Å². The molecule has 0 aliphatic carbocycles. The first-order chi connectivity index (χ1) is 14.8. The summed E-state index contributed by atoms with van der Waals surface area (Å²) in [5.41, 5.74) is 2.20. The van der Waals surface area contributed by atoms with Gasteiger partial charge >= 0.3 is 0 Å². The van der Waals surface area contributed by atoms with Crippen LogP contribution in [0.5, 0.6) is 0 Å². The number of H-pyrrole nitrogens is 1. The van der Waals surface area contributed by atoms with Gasteiger partial charge in [-0.1, -0.05) is 18.2 Å². The van der Waals surface area contributed by atoms with E-state index in [1.807, 2.05) is 6.07 Å². The van der Waals surface area contributed by atoms with Crippen LogP contribution >= 0.6 is 7.44 Å². The first-order valence-corrected chi connectivity index (χ1v) is 12.6. The molecule has 4 heterocycles. The molecule has 1 atom stereocenters. The summed E-state index contributed by atoms with van der Waals surface area (Å²) in [5.74, 6) is -0.214. The van der Waals surface area contributed by atoms with Gasteiger partial charge in [-0.15, -0.1) is 0 Å². The molecular formula is C21H31N4O4P. The number of benzene rings is 1. The Morgan fingerprint density at radius 2 is 1.33 bits per heavy atom. The summed E-state index contributed by atoms with van der Waals surface area (Å²) < 4.78 is 36.6. The van der Waals surface area contributed by atoms with Crippen molar-refractivity contribution < 1.29 is 18.8 Å². The zero-order valence-electron chi connectivity index (χ0n) is 17.4. The minimum Gasteiger partial charge on any atom is -0.379 e. The normalized spacial score (nSPS) is 24.3. The van der Waals surface area contributed by atoms with Gasteiger partial charge in [0, 0.05) is 61.9 Å². The second-order valence-electron chi connectivity index (χ2n) is 8.03. The van der Waals surface area contributed by atoms with Crippen molar-refractivity contribution >= 4 is 18.3 Å². The number of aromatic amines is 1. The first kappa shape index (κ1) is 20.6. The van der Waals surface area contributed by atoms with Gasteiger partial charge in [0.05, 0.1) is 39.6 Å². The van der Waals surface area contributed by atoms with Gasteiger partial charge in [0.1, 0.15) is 5.78 Å². The third-order valence-corrected chi connectivity index (χ3v) is 10.1. The first-order valence-electron chi connectivity index (χ1n) is 10.9. The molecule has 0 radical (unpaired) electrons. The van der Waals surface area contributed by atoms with Gasteiger partial charge in [-0.05, 0) is 6.07 Å². The third kappa shape index (κ3) is 3.75. The molecule has 3 aliphatic rings. The molecule has 164 valence electrons. The van der Waals surface area contributed by atoms with Crippen LogP contribution in [0.2, 0.25) is 0 Å². The van der Waals surface area contributed by atoms with E-state index in [4.69, 9.17) is 14.2 Å². The molecule has 0 spiro atoms. The highest BCUT2D eigenvalue weighted by Crippen LogP contribution is 2.66. The molecule has 3 aliphatic heterocycles. The highest BCUT2D eigenvalue weighted by atomic mass is 31.2. The summed E-state index contributed by atoms with van der Waals surface area (Å²) >= 11 is 0. The Labute approximate surface area is 177 Å². The maximum absolute atomic E-state index is 15.3. The van der Waals surface area contributed by atoms with Gasteiger partial charge in [-0.25, -0.2) is 9.34 Å². The van der Waals surface area contributed by atoms with Crippen LogP contribution in [0.15, 0.2) is 30.5 Å². The SMILES string of the molecule is O=P([C@@H](c1c[nH]c2ccccc12)N1CCOCC1)(N1CCOCC1)N1CCOCC1. The minimum absolute atomic E-state index is 0.214. The molecule has 0 bridgehead atoms. The van der Waals surface area contributed by atoms with E-state index in [-0.39, 0.29) is 5.78 Å². The molecule has 0 saturated carbocycles. The lowest BCUT2D eigenvalue weighted by Gasteiger charge is -2.49. The Morgan fingerprint density at radius 3 is 1.93 bits per heavy atom. The average molecular weight is 434 g/mol. The molecule has 1 aromatic carbocycles. The number of nitrogens with one attached hydrogen (secondary N) is 1. The predicted molar refractivity (Wildman–Crippen MR) is 116 cm³/mol. The third-order valence-electron chi connectivity index (χ3n) is 6.40. The van der Waals surface area contributed by atoms with E-state index in [0.29, 0.717) is 65.8 Å². The lowest BCUT2D eigenvalue weighted by atomic mass is 10.1. The molecule has 1 N–H and O–H groups in total. The number of fused-ring (bicyclic) bond motifs is 1. The number of aromatic nitrogens is 1. The van der Waals surface area contributed by atoms with E-state index < -0.39 is 7.44 Å². The lowest BCUT2D eigenvalue weighted by Crippen LogP contribution is -2.49. The van der Waals surface area contributed by atoms with E-state index >= 15 is 4.57 Å². The molecule has 1 aromatic heterocycles. The van der Waals surface area contributed by atoms with Gasteiger partial charge in [0.25, 0.3) is 0 Å². The molecule has 8 nitrogen and oxygen atoms in total. The lowest BCUT2D eigenvalue weighted by molar-refractivity contribution is 0.0201. The number of hydrogen-bond donors (Lipinski definition) is 1. The molecule has 9 heteroatoms. The van der Waals surface area contributed by atoms with Crippen LogP contribution in [0, 0.1) is 0 Å². The summed E-state index contributed by atoms with van der Waals surface area (Å²) in [5, 5.41) is 1.15. The van der Waals surface area contributed by atoms with Crippen LogP contribution in [0.3, 0.4) is 0 Å². The molecule has 3 fully saturated rings. The van der Waals surface area contributed by atoms with Crippen LogP contribution in [0.1, 0.15) is 11.3 Å². The number of para-hydroxylation sites is 1. The van der Waals surface area contributed by atoms with Crippen molar-refractivity contribution in [3.8, 4) is 0 Å². The summed E-state index contributed by atoms with van der Waals surface area (Å²) in [7, 11) is -2.98. The van der Waals surface area contributed by atoms with Crippen molar-refractivity contribution in [3.05, 3.63) is 36.0 Å². The number of rotatable bonds is 5. The van der Waals surface area contributed by atoms with Gasteiger partial charge in [-0.3, -0.25) is 9.46 Å². The summed E-state index contributed by atoms with van der Waals surface area (Å²) in [4.78, 5) is 5.80. The van der Waals surface area contributed by atoms with Gasteiger partial charge in [0.2, 0.25) is 7.44 Å². The van der Waals surface area contributed by atoms with Crippen molar-refractivity contribution in [2.24, 2.45) is 0 Å². The second-order valence-corrected chi connectivity index (χ2v) is 10.8. The molecule has 3 saturated heterocycles.